The van der Waals surface area contributed by atoms with Gasteiger partial charge in [-0.15, -0.1) is 0 Å². The highest BCUT2D eigenvalue weighted by Gasteiger charge is 2.30. The molecule has 0 aromatic heterocycles. The van der Waals surface area contributed by atoms with Crippen LogP contribution in [0.25, 0.3) is 0 Å². The molecule has 2 aromatic rings. The summed E-state index contributed by atoms with van der Waals surface area (Å²) in [4.78, 5) is 22.7. The van der Waals surface area contributed by atoms with Crippen molar-refractivity contribution < 1.29 is 18.8 Å². The largest absolute Gasteiger partial charge is 0.372 e. The molecular weight excluding hydrogens is 315 g/mol. The third kappa shape index (κ3) is 3.57. The maximum atomic E-state index is 14.0. The Morgan fingerprint density at radius 2 is 1.88 bits per heavy atom. The van der Waals surface area contributed by atoms with Gasteiger partial charge in [-0.05, 0) is 19.1 Å². The van der Waals surface area contributed by atoms with Crippen molar-refractivity contribution in [2.45, 2.75) is 12.5 Å². The third-order valence-corrected chi connectivity index (χ3v) is 3.83. The second-order valence-corrected chi connectivity index (χ2v) is 5.37. The molecule has 0 fully saturated rings. The molecule has 0 spiro atoms. The van der Waals surface area contributed by atoms with E-state index in [0.29, 0.717) is 0 Å². The molecule has 0 aliphatic carbocycles. The summed E-state index contributed by atoms with van der Waals surface area (Å²) in [6, 6.07) is 11.7. The van der Waals surface area contributed by atoms with Gasteiger partial charge >= 0.3 is 0 Å². The van der Waals surface area contributed by atoms with Gasteiger partial charge in [0, 0.05) is 18.7 Å². The van der Waals surface area contributed by atoms with Crippen molar-refractivity contribution in [2.75, 3.05) is 13.7 Å². The van der Waals surface area contributed by atoms with Crippen molar-refractivity contribution in [1.82, 2.24) is 5.32 Å². The summed E-state index contributed by atoms with van der Waals surface area (Å²) in [6.07, 6.45) is 0. The lowest BCUT2D eigenvalue weighted by Gasteiger charge is -2.29. The Balaban J connectivity index is 2.21. The normalized spacial score (nSPS) is 13.1. The van der Waals surface area contributed by atoms with Crippen molar-refractivity contribution >= 4 is 11.6 Å². The molecule has 0 aliphatic rings. The first-order valence-electron chi connectivity index (χ1n) is 7.21. The highest BCUT2D eigenvalue weighted by Crippen LogP contribution is 2.26. The maximum Gasteiger partial charge on any atom is 0.282 e. The van der Waals surface area contributed by atoms with Crippen LogP contribution in [0.4, 0.5) is 10.1 Å². The van der Waals surface area contributed by atoms with E-state index in [1.807, 2.05) is 0 Å². The van der Waals surface area contributed by atoms with Crippen LogP contribution in [-0.2, 0) is 10.3 Å². The minimum Gasteiger partial charge on any atom is -0.372 e. The molecule has 0 heterocycles. The van der Waals surface area contributed by atoms with Gasteiger partial charge in [0.15, 0.2) is 0 Å². The molecule has 24 heavy (non-hydrogen) atoms. The predicted molar refractivity (Wildman–Crippen MR) is 86.2 cm³/mol. The van der Waals surface area contributed by atoms with Gasteiger partial charge in [-0.3, -0.25) is 14.9 Å². The second-order valence-electron chi connectivity index (χ2n) is 5.37. The van der Waals surface area contributed by atoms with Gasteiger partial charge in [0.25, 0.3) is 11.6 Å². The number of para-hydroxylation sites is 1. The minimum absolute atomic E-state index is 0.0463. The number of nitrogens with zero attached hydrogens (tertiary/aromatic N) is 1. The van der Waals surface area contributed by atoms with Crippen LogP contribution >= 0.6 is 0 Å². The number of carbonyl (C=O) groups is 1. The zero-order valence-corrected chi connectivity index (χ0v) is 13.3. The lowest BCUT2D eigenvalue weighted by Crippen LogP contribution is -2.40. The second kappa shape index (κ2) is 7.18. The molecule has 2 rings (SSSR count). The molecule has 2 aromatic carbocycles. The number of benzene rings is 2. The van der Waals surface area contributed by atoms with Crippen LogP contribution in [0.2, 0.25) is 0 Å². The van der Waals surface area contributed by atoms with Gasteiger partial charge in [0.2, 0.25) is 0 Å². The van der Waals surface area contributed by atoms with E-state index >= 15 is 0 Å². The topological polar surface area (TPSA) is 81.5 Å². The van der Waals surface area contributed by atoms with Crippen LogP contribution in [0.3, 0.4) is 0 Å². The Morgan fingerprint density at radius 3 is 2.50 bits per heavy atom. The van der Waals surface area contributed by atoms with E-state index in [2.05, 4.69) is 5.32 Å². The van der Waals surface area contributed by atoms with Gasteiger partial charge in [-0.1, -0.05) is 30.3 Å². The summed E-state index contributed by atoms with van der Waals surface area (Å²) in [7, 11) is 1.41. The van der Waals surface area contributed by atoms with Gasteiger partial charge in [-0.25, -0.2) is 4.39 Å². The number of methoxy groups -OCH3 is 1. The molecule has 0 saturated carbocycles. The number of hydrogen-bond acceptors (Lipinski definition) is 4. The van der Waals surface area contributed by atoms with Crippen molar-refractivity contribution in [2.24, 2.45) is 0 Å². The van der Waals surface area contributed by atoms with E-state index in [0.717, 1.165) is 0 Å². The lowest BCUT2D eigenvalue weighted by atomic mass is 9.95. The van der Waals surface area contributed by atoms with Crippen LogP contribution in [0, 0.1) is 15.9 Å². The number of amides is 1. The molecular formula is C17H17FN2O4. The molecule has 0 aliphatic heterocycles. The van der Waals surface area contributed by atoms with Crippen molar-refractivity contribution in [3.63, 3.8) is 0 Å². The Labute approximate surface area is 138 Å². The predicted octanol–water partition coefficient (Wildman–Crippen LogP) is 3.03. The summed E-state index contributed by atoms with van der Waals surface area (Å²) in [5.41, 5.74) is -1.17. The number of ether oxygens (including phenoxy) is 1. The summed E-state index contributed by atoms with van der Waals surface area (Å²) in [6.45, 7) is 1.58. The van der Waals surface area contributed by atoms with Crippen LogP contribution in [0.5, 0.6) is 0 Å². The quantitative estimate of drug-likeness (QED) is 0.651. The molecule has 7 heteroatoms. The summed E-state index contributed by atoms with van der Waals surface area (Å²) < 4.78 is 19.4. The van der Waals surface area contributed by atoms with E-state index in [1.54, 1.807) is 25.1 Å². The van der Waals surface area contributed by atoms with Crippen molar-refractivity contribution in [3.05, 3.63) is 75.6 Å². The van der Waals surface area contributed by atoms with Crippen LogP contribution < -0.4 is 5.32 Å². The molecule has 0 radical (unpaired) electrons. The Kier molecular flexibility index (Phi) is 5.25. The average molecular weight is 332 g/mol. The first-order valence-corrected chi connectivity index (χ1v) is 7.21. The number of rotatable bonds is 6. The SMILES string of the molecule is COC(C)(CNC(=O)c1ccccc1[N+](=O)[O-])c1ccccc1F. The number of nitro groups is 1. The number of carbonyl (C=O) groups excluding carboxylic acids is 1. The summed E-state index contributed by atoms with van der Waals surface area (Å²) in [5.74, 6) is -1.08. The number of halogens is 1. The van der Waals surface area contributed by atoms with E-state index in [-0.39, 0.29) is 23.4 Å². The van der Waals surface area contributed by atoms with E-state index in [1.165, 1.54) is 37.4 Å². The van der Waals surface area contributed by atoms with E-state index < -0.39 is 22.2 Å². The fraction of sp³-hybridized carbons (Fsp3) is 0.235. The molecule has 1 N–H and O–H groups in total. The number of nitrogens with one attached hydrogen (secondary N) is 1. The minimum atomic E-state index is -1.11. The summed E-state index contributed by atoms with van der Waals surface area (Å²) >= 11 is 0. The summed E-state index contributed by atoms with van der Waals surface area (Å²) in [5, 5.41) is 13.6. The molecule has 1 atom stereocenters. The molecule has 0 saturated heterocycles. The Bertz CT molecular complexity index is 766. The fourth-order valence-electron chi connectivity index (χ4n) is 2.34. The van der Waals surface area contributed by atoms with Gasteiger partial charge < -0.3 is 10.1 Å². The van der Waals surface area contributed by atoms with Crippen molar-refractivity contribution in [3.8, 4) is 0 Å². The number of nitro benzene ring substituents is 1. The van der Waals surface area contributed by atoms with Crippen LogP contribution in [-0.4, -0.2) is 24.5 Å². The zero-order valence-electron chi connectivity index (χ0n) is 13.3. The lowest BCUT2D eigenvalue weighted by molar-refractivity contribution is -0.385. The van der Waals surface area contributed by atoms with Crippen LogP contribution in [0.15, 0.2) is 48.5 Å². The third-order valence-electron chi connectivity index (χ3n) is 3.83. The van der Waals surface area contributed by atoms with Crippen molar-refractivity contribution in [1.29, 1.82) is 0 Å². The average Bonchev–Trinajstić information content (AvgIpc) is 2.59. The zero-order chi connectivity index (χ0) is 17.7. The fourth-order valence-corrected chi connectivity index (χ4v) is 2.34. The molecule has 1 unspecified atom stereocenters. The van der Waals surface area contributed by atoms with E-state index in [9.17, 15) is 19.3 Å². The van der Waals surface area contributed by atoms with Crippen LogP contribution in [0.1, 0.15) is 22.8 Å². The molecule has 1 amide bonds. The first kappa shape index (κ1) is 17.6. The molecule has 6 nitrogen and oxygen atoms in total. The van der Waals surface area contributed by atoms with Gasteiger partial charge in [0.05, 0.1) is 11.5 Å². The highest BCUT2D eigenvalue weighted by molar-refractivity contribution is 5.98. The first-order chi connectivity index (χ1) is 11.4. The van der Waals surface area contributed by atoms with Gasteiger partial charge in [-0.2, -0.15) is 0 Å². The van der Waals surface area contributed by atoms with Gasteiger partial charge in [0.1, 0.15) is 17.0 Å². The monoisotopic (exact) mass is 332 g/mol. The highest BCUT2D eigenvalue weighted by atomic mass is 19.1. The smallest absolute Gasteiger partial charge is 0.282 e. The maximum absolute atomic E-state index is 14.0. The van der Waals surface area contributed by atoms with E-state index in [4.69, 9.17) is 4.74 Å². The number of hydrogen-bond donors (Lipinski definition) is 1. The molecule has 0 bridgehead atoms. The standard InChI is InChI=1S/C17H17FN2O4/c1-17(24-2,13-8-4-5-9-14(13)18)11-19-16(21)12-7-3-6-10-15(12)20(22)23/h3-10H,11H2,1-2H3,(H,19,21). The Morgan fingerprint density at radius 1 is 1.25 bits per heavy atom. The Hall–Kier alpha value is -2.80. The molecule has 126 valence electrons.